The minimum Gasteiger partial charge on any atom is -0.337 e. The number of amides is 1. The fraction of sp³-hybridized carbons (Fsp3) is 0.217. The molecule has 5 rings (SSSR count). The van der Waals surface area contributed by atoms with Gasteiger partial charge in [0.25, 0.3) is 0 Å². The molecule has 2 aromatic heterocycles. The highest BCUT2D eigenvalue weighted by Crippen LogP contribution is 2.37. The smallest absolute Gasteiger partial charge is 0.244 e. The average molecular weight is 567 g/mol. The summed E-state index contributed by atoms with van der Waals surface area (Å²) in [6, 6.07) is 7.76. The molecule has 0 atom stereocenters. The van der Waals surface area contributed by atoms with Crippen molar-refractivity contribution in [1.29, 1.82) is 0 Å². The second-order valence-corrected chi connectivity index (χ2v) is 11.9. The monoisotopic (exact) mass is 565 g/mol. The maximum atomic E-state index is 14.4. The van der Waals surface area contributed by atoms with Crippen LogP contribution < -0.4 is 10.6 Å². The number of carbonyl (C=O) groups is 1. The quantitative estimate of drug-likeness (QED) is 0.130. The molecule has 2 N–H and O–H groups in total. The molecule has 1 aliphatic carbocycles. The summed E-state index contributed by atoms with van der Waals surface area (Å²) in [5.74, 6) is 1.50. The molecule has 2 aromatic carbocycles. The van der Waals surface area contributed by atoms with Crippen molar-refractivity contribution in [1.82, 2.24) is 14.5 Å². The van der Waals surface area contributed by atoms with E-state index in [4.69, 9.17) is 35.4 Å². The zero-order valence-electron chi connectivity index (χ0n) is 18.1. The van der Waals surface area contributed by atoms with Crippen LogP contribution in [0.1, 0.15) is 12.8 Å². The van der Waals surface area contributed by atoms with Gasteiger partial charge in [0.2, 0.25) is 5.91 Å². The van der Waals surface area contributed by atoms with E-state index in [9.17, 15) is 9.18 Å². The standard InChI is InChI=1S/C23H18Cl2FN5OS3/c24-15-6-17(26)19(7-16(15)25)30-22-14-5-13(3-4-18(14)27-11-28-22)29-20(32)8-31-9-21(35-23(31)33)34-10-12-1-2-12/h3-7,9,11-12H,1-2,8,10H2,(H,29,32)(H,27,28,30). The molecule has 4 aromatic rings. The van der Waals surface area contributed by atoms with Crippen LogP contribution in [0, 0.1) is 15.7 Å². The lowest BCUT2D eigenvalue weighted by Crippen LogP contribution is -2.18. The maximum absolute atomic E-state index is 14.4. The normalized spacial score (nSPS) is 13.2. The summed E-state index contributed by atoms with van der Waals surface area (Å²) in [4.78, 5) is 21.2. The van der Waals surface area contributed by atoms with Crippen molar-refractivity contribution in [2.45, 2.75) is 23.6 Å². The molecule has 12 heteroatoms. The van der Waals surface area contributed by atoms with Gasteiger partial charge in [0.05, 0.1) is 25.5 Å². The number of hydrogen-bond donors (Lipinski definition) is 2. The molecule has 2 heterocycles. The van der Waals surface area contributed by atoms with Crippen LogP contribution in [0.3, 0.4) is 0 Å². The van der Waals surface area contributed by atoms with E-state index < -0.39 is 5.82 Å². The van der Waals surface area contributed by atoms with Gasteiger partial charge in [-0.05, 0) is 61.3 Å². The highest BCUT2D eigenvalue weighted by atomic mass is 35.5. The Morgan fingerprint density at radius 1 is 1.23 bits per heavy atom. The minimum atomic E-state index is -0.571. The molecular weight excluding hydrogens is 548 g/mol. The van der Waals surface area contributed by atoms with Gasteiger partial charge in [-0.3, -0.25) is 4.79 Å². The Bertz CT molecular complexity index is 1490. The van der Waals surface area contributed by atoms with Crippen LogP contribution in [0.4, 0.5) is 21.6 Å². The molecule has 35 heavy (non-hydrogen) atoms. The third kappa shape index (κ3) is 5.95. The van der Waals surface area contributed by atoms with Gasteiger partial charge >= 0.3 is 0 Å². The summed E-state index contributed by atoms with van der Waals surface area (Å²) in [5, 5.41) is 6.76. The van der Waals surface area contributed by atoms with E-state index in [1.165, 1.54) is 36.6 Å². The van der Waals surface area contributed by atoms with Gasteiger partial charge in [-0.25, -0.2) is 14.4 Å². The number of halogens is 3. The van der Waals surface area contributed by atoms with Crippen LogP contribution in [0.25, 0.3) is 10.9 Å². The number of benzene rings is 2. The molecule has 0 bridgehead atoms. The zero-order valence-corrected chi connectivity index (χ0v) is 22.0. The van der Waals surface area contributed by atoms with Crippen molar-refractivity contribution in [2.75, 3.05) is 16.4 Å². The third-order valence-electron chi connectivity index (χ3n) is 5.34. The number of anilines is 3. The molecule has 1 amide bonds. The predicted octanol–water partition coefficient (Wildman–Crippen LogP) is 7.55. The van der Waals surface area contributed by atoms with E-state index in [1.807, 2.05) is 6.20 Å². The second kappa shape index (κ2) is 10.4. The van der Waals surface area contributed by atoms with E-state index >= 15 is 0 Å². The van der Waals surface area contributed by atoms with Gasteiger partial charge in [0, 0.05) is 23.0 Å². The lowest BCUT2D eigenvalue weighted by Gasteiger charge is -2.12. The number of carbonyl (C=O) groups excluding carboxylic acids is 1. The second-order valence-electron chi connectivity index (χ2n) is 8.07. The first kappa shape index (κ1) is 24.5. The molecule has 6 nitrogen and oxygen atoms in total. The van der Waals surface area contributed by atoms with E-state index in [2.05, 4.69) is 20.6 Å². The Hall–Kier alpha value is -2.24. The molecule has 180 valence electrons. The number of thiazole rings is 1. The fourth-order valence-electron chi connectivity index (χ4n) is 3.35. The Kier molecular flexibility index (Phi) is 7.26. The Morgan fingerprint density at radius 3 is 2.83 bits per heavy atom. The Balaban J connectivity index is 1.32. The zero-order chi connectivity index (χ0) is 24.5. The summed E-state index contributed by atoms with van der Waals surface area (Å²) in [6.45, 7) is 0.113. The number of nitrogens with zero attached hydrogens (tertiary/aromatic N) is 3. The first-order valence-electron chi connectivity index (χ1n) is 10.6. The van der Waals surface area contributed by atoms with E-state index in [0.29, 0.717) is 26.4 Å². The van der Waals surface area contributed by atoms with E-state index in [1.54, 1.807) is 34.5 Å². The molecule has 0 saturated heterocycles. The number of thioether (sulfide) groups is 1. The van der Waals surface area contributed by atoms with Crippen molar-refractivity contribution >= 4 is 92.5 Å². The Labute approximate surface area is 223 Å². The van der Waals surface area contributed by atoms with Gasteiger partial charge in [0.1, 0.15) is 24.5 Å². The molecule has 0 unspecified atom stereocenters. The fourth-order valence-corrected chi connectivity index (χ4v) is 6.40. The van der Waals surface area contributed by atoms with Crippen molar-refractivity contribution in [3.05, 3.63) is 62.7 Å². The highest BCUT2D eigenvalue weighted by molar-refractivity contribution is 8.01. The van der Waals surface area contributed by atoms with Crippen molar-refractivity contribution in [3.8, 4) is 0 Å². The maximum Gasteiger partial charge on any atom is 0.244 e. The van der Waals surface area contributed by atoms with Crippen molar-refractivity contribution < 1.29 is 9.18 Å². The molecule has 0 aliphatic heterocycles. The SMILES string of the molecule is O=C(Cn1cc(SCC2CC2)sc1=S)Nc1ccc2ncnc(Nc3cc(Cl)c(Cl)cc3F)c2c1. The average Bonchev–Trinajstić information content (AvgIpc) is 3.59. The summed E-state index contributed by atoms with van der Waals surface area (Å²) in [7, 11) is 0. The predicted molar refractivity (Wildman–Crippen MR) is 144 cm³/mol. The van der Waals surface area contributed by atoms with E-state index in [0.717, 1.165) is 21.9 Å². The van der Waals surface area contributed by atoms with Crippen LogP contribution in [-0.2, 0) is 11.3 Å². The summed E-state index contributed by atoms with van der Waals surface area (Å²) in [6.07, 6.45) is 5.92. The van der Waals surface area contributed by atoms with Crippen LogP contribution >= 0.6 is 58.5 Å². The summed E-state index contributed by atoms with van der Waals surface area (Å²) >= 11 is 20.7. The molecule has 0 spiro atoms. The topological polar surface area (TPSA) is 71.8 Å². The van der Waals surface area contributed by atoms with Crippen LogP contribution in [0.5, 0.6) is 0 Å². The third-order valence-corrected chi connectivity index (χ3v) is 8.89. The lowest BCUT2D eigenvalue weighted by atomic mass is 10.2. The van der Waals surface area contributed by atoms with Crippen LogP contribution in [0.2, 0.25) is 10.0 Å². The first-order valence-corrected chi connectivity index (χ1v) is 13.6. The van der Waals surface area contributed by atoms with Gasteiger partial charge in [-0.15, -0.1) is 11.8 Å². The number of rotatable bonds is 8. The van der Waals surface area contributed by atoms with Crippen LogP contribution in [0.15, 0.2) is 47.1 Å². The largest absolute Gasteiger partial charge is 0.337 e. The lowest BCUT2D eigenvalue weighted by molar-refractivity contribution is -0.116. The Morgan fingerprint density at radius 2 is 2.03 bits per heavy atom. The number of aromatic nitrogens is 3. The summed E-state index contributed by atoms with van der Waals surface area (Å²) < 4.78 is 18.0. The van der Waals surface area contributed by atoms with E-state index in [-0.39, 0.29) is 28.2 Å². The minimum absolute atomic E-state index is 0.113. The van der Waals surface area contributed by atoms with Crippen molar-refractivity contribution in [2.24, 2.45) is 5.92 Å². The highest BCUT2D eigenvalue weighted by Gasteiger charge is 2.21. The van der Waals surface area contributed by atoms with Crippen LogP contribution in [-0.4, -0.2) is 26.2 Å². The van der Waals surface area contributed by atoms with Gasteiger partial charge < -0.3 is 15.2 Å². The summed E-state index contributed by atoms with van der Waals surface area (Å²) in [5.41, 5.74) is 1.30. The molecule has 1 aliphatic rings. The molecule has 0 radical (unpaired) electrons. The molecule has 1 saturated carbocycles. The first-order chi connectivity index (χ1) is 16.9. The van der Waals surface area contributed by atoms with Gasteiger partial charge in [-0.2, -0.15) is 0 Å². The van der Waals surface area contributed by atoms with Gasteiger partial charge in [-0.1, -0.05) is 34.5 Å². The molecular formula is C23H18Cl2FN5OS3. The molecule has 1 fully saturated rings. The number of hydrogen-bond acceptors (Lipinski definition) is 7. The van der Waals surface area contributed by atoms with Crippen molar-refractivity contribution in [3.63, 3.8) is 0 Å². The number of fused-ring (bicyclic) bond motifs is 1. The number of nitrogens with one attached hydrogen (secondary N) is 2. The van der Waals surface area contributed by atoms with Gasteiger partial charge in [0.15, 0.2) is 3.95 Å².